The summed E-state index contributed by atoms with van der Waals surface area (Å²) < 4.78 is 6.14. The molecule has 0 radical (unpaired) electrons. The smallest absolute Gasteiger partial charge is 0.0892 e. The summed E-state index contributed by atoms with van der Waals surface area (Å²) in [5.74, 6) is 1.40. The first-order valence-corrected chi connectivity index (χ1v) is 7.82. The molecule has 2 nitrogen and oxygen atoms in total. The number of nitrogens with one attached hydrogen (secondary N) is 1. The van der Waals surface area contributed by atoms with Crippen LogP contribution in [0.1, 0.15) is 51.2 Å². The van der Waals surface area contributed by atoms with E-state index in [1.165, 1.54) is 36.9 Å². The normalized spacial score (nSPS) is 29.5. The molecule has 2 heterocycles. The summed E-state index contributed by atoms with van der Waals surface area (Å²) in [6.07, 6.45) is 5.32. The van der Waals surface area contributed by atoms with Crippen molar-refractivity contribution in [2.45, 2.75) is 51.7 Å². The summed E-state index contributed by atoms with van der Waals surface area (Å²) in [6, 6.07) is 9.27. The van der Waals surface area contributed by atoms with Crippen LogP contribution in [-0.4, -0.2) is 12.6 Å². The molecule has 0 aromatic heterocycles. The number of hydrogen-bond acceptors (Lipinski definition) is 2. The van der Waals surface area contributed by atoms with Crippen LogP contribution in [0.4, 0.5) is 5.69 Å². The van der Waals surface area contributed by atoms with Gasteiger partial charge < -0.3 is 10.1 Å². The molecule has 1 saturated heterocycles. The Morgan fingerprint density at radius 1 is 1.26 bits per heavy atom. The molecule has 0 unspecified atom stereocenters. The molecule has 1 fully saturated rings. The zero-order chi connectivity index (χ0) is 13.2. The fourth-order valence-electron chi connectivity index (χ4n) is 3.92. The summed E-state index contributed by atoms with van der Waals surface area (Å²) in [6.45, 7) is 5.55. The number of ether oxygens (including phenoxy) is 1. The Kier molecular flexibility index (Phi) is 3.79. The molecule has 0 saturated carbocycles. The maximum absolute atomic E-state index is 6.14. The third kappa shape index (κ3) is 2.27. The fraction of sp³-hybridized carbons (Fsp3) is 0.647. The Balaban J connectivity index is 1.95. The molecule has 0 bridgehead atoms. The summed E-state index contributed by atoms with van der Waals surface area (Å²) in [4.78, 5) is 0. The number of para-hydroxylation sites is 1. The van der Waals surface area contributed by atoms with Gasteiger partial charge in [-0.3, -0.25) is 0 Å². The minimum atomic E-state index is 0.316. The van der Waals surface area contributed by atoms with Gasteiger partial charge in [0.15, 0.2) is 0 Å². The Labute approximate surface area is 116 Å². The van der Waals surface area contributed by atoms with Gasteiger partial charge in [-0.15, -0.1) is 0 Å². The van der Waals surface area contributed by atoms with Gasteiger partial charge in [0, 0.05) is 29.8 Å². The van der Waals surface area contributed by atoms with Crippen LogP contribution in [0.5, 0.6) is 0 Å². The molecule has 2 heteroatoms. The van der Waals surface area contributed by atoms with Gasteiger partial charge in [-0.2, -0.15) is 0 Å². The summed E-state index contributed by atoms with van der Waals surface area (Å²) in [5.41, 5.74) is 2.66. The molecule has 0 spiro atoms. The van der Waals surface area contributed by atoms with Crippen molar-refractivity contribution >= 4 is 5.69 Å². The molecular formula is C17H25NO. The van der Waals surface area contributed by atoms with E-state index in [1.807, 2.05) is 0 Å². The van der Waals surface area contributed by atoms with Crippen molar-refractivity contribution in [1.29, 1.82) is 0 Å². The molecule has 19 heavy (non-hydrogen) atoms. The second-order valence-electron chi connectivity index (χ2n) is 5.93. The third-order valence-electron chi connectivity index (χ3n) is 4.98. The highest BCUT2D eigenvalue weighted by Crippen LogP contribution is 2.46. The van der Waals surface area contributed by atoms with E-state index in [2.05, 4.69) is 43.4 Å². The molecule has 1 aromatic rings. The summed E-state index contributed by atoms with van der Waals surface area (Å²) in [5, 5.41) is 3.82. The molecule has 3 rings (SSSR count). The topological polar surface area (TPSA) is 21.3 Å². The molecule has 0 aliphatic carbocycles. The highest BCUT2D eigenvalue weighted by atomic mass is 16.5. The quantitative estimate of drug-likeness (QED) is 0.869. The van der Waals surface area contributed by atoms with Gasteiger partial charge in [-0.1, -0.05) is 44.9 Å². The Hall–Kier alpha value is -1.02. The van der Waals surface area contributed by atoms with Gasteiger partial charge in [-0.05, 0) is 24.8 Å². The first-order valence-electron chi connectivity index (χ1n) is 7.82. The van der Waals surface area contributed by atoms with Crippen molar-refractivity contribution in [3.8, 4) is 0 Å². The lowest BCUT2D eigenvalue weighted by Gasteiger charge is -2.46. The predicted octanol–water partition coefficient (Wildman–Crippen LogP) is 4.38. The zero-order valence-corrected chi connectivity index (χ0v) is 12.1. The number of rotatable bonds is 3. The first-order chi connectivity index (χ1) is 9.35. The monoisotopic (exact) mass is 259 g/mol. The number of fused-ring (bicyclic) bond motifs is 3. The number of benzene rings is 1. The maximum Gasteiger partial charge on any atom is 0.0892 e. The summed E-state index contributed by atoms with van der Waals surface area (Å²) >= 11 is 0. The van der Waals surface area contributed by atoms with E-state index < -0.39 is 0 Å². The standard InChI is InChI=1S/C17H25NO/c1-3-12(4-2)16-14-9-7-11-19-17(14)13-8-5-6-10-15(13)18-16/h5-6,8,10,12,14,16-18H,3-4,7,9,11H2,1-2H3/t14-,16-,17+/m0/s1. The molecular weight excluding hydrogens is 234 g/mol. The number of hydrogen-bond donors (Lipinski definition) is 1. The van der Waals surface area contributed by atoms with Gasteiger partial charge in [0.25, 0.3) is 0 Å². The Morgan fingerprint density at radius 3 is 2.84 bits per heavy atom. The van der Waals surface area contributed by atoms with Gasteiger partial charge in [0.05, 0.1) is 6.10 Å². The second kappa shape index (κ2) is 5.54. The van der Waals surface area contributed by atoms with E-state index in [0.717, 1.165) is 12.5 Å². The van der Waals surface area contributed by atoms with E-state index in [9.17, 15) is 0 Å². The minimum absolute atomic E-state index is 0.316. The van der Waals surface area contributed by atoms with Crippen molar-refractivity contribution in [3.63, 3.8) is 0 Å². The average Bonchev–Trinajstić information content (AvgIpc) is 2.48. The highest BCUT2D eigenvalue weighted by molar-refractivity contribution is 5.56. The van der Waals surface area contributed by atoms with E-state index in [4.69, 9.17) is 4.74 Å². The minimum Gasteiger partial charge on any atom is -0.381 e. The molecule has 3 atom stereocenters. The maximum atomic E-state index is 6.14. The van der Waals surface area contributed by atoms with Crippen LogP contribution >= 0.6 is 0 Å². The number of anilines is 1. The van der Waals surface area contributed by atoms with Crippen LogP contribution in [0, 0.1) is 11.8 Å². The van der Waals surface area contributed by atoms with Crippen molar-refractivity contribution < 1.29 is 4.74 Å². The van der Waals surface area contributed by atoms with E-state index in [-0.39, 0.29) is 0 Å². The predicted molar refractivity (Wildman–Crippen MR) is 79.3 cm³/mol. The SMILES string of the molecule is CCC(CC)[C@@H]1Nc2ccccc2[C@H]2OCCC[C@H]21. The Bertz CT molecular complexity index is 427. The first kappa shape index (κ1) is 13.0. The van der Waals surface area contributed by atoms with Crippen LogP contribution < -0.4 is 5.32 Å². The lowest BCUT2D eigenvalue weighted by molar-refractivity contribution is -0.0443. The van der Waals surface area contributed by atoms with Crippen molar-refractivity contribution in [2.24, 2.45) is 11.8 Å². The van der Waals surface area contributed by atoms with Crippen molar-refractivity contribution in [1.82, 2.24) is 0 Å². The van der Waals surface area contributed by atoms with E-state index in [0.29, 0.717) is 18.1 Å². The molecule has 1 aromatic carbocycles. The van der Waals surface area contributed by atoms with Gasteiger partial charge in [-0.25, -0.2) is 0 Å². The fourth-order valence-corrected chi connectivity index (χ4v) is 3.92. The van der Waals surface area contributed by atoms with Gasteiger partial charge in [0.2, 0.25) is 0 Å². The van der Waals surface area contributed by atoms with Crippen LogP contribution in [0.2, 0.25) is 0 Å². The van der Waals surface area contributed by atoms with Crippen LogP contribution in [0.25, 0.3) is 0 Å². The third-order valence-corrected chi connectivity index (χ3v) is 4.98. The lowest BCUT2D eigenvalue weighted by atomic mass is 9.74. The molecule has 0 amide bonds. The average molecular weight is 259 g/mol. The molecule has 1 N–H and O–H groups in total. The van der Waals surface area contributed by atoms with Crippen molar-refractivity contribution in [3.05, 3.63) is 29.8 Å². The van der Waals surface area contributed by atoms with Gasteiger partial charge in [0.1, 0.15) is 0 Å². The van der Waals surface area contributed by atoms with Crippen LogP contribution in [0.15, 0.2) is 24.3 Å². The van der Waals surface area contributed by atoms with Crippen LogP contribution in [-0.2, 0) is 4.74 Å². The van der Waals surface area contributed by atoms with Crippen LogP contribution in [0.3, 0.4) is 0 Å². The van der Waals surface area contributed by atoms with Gasteiger partial charge >= 0.3 is 0 Å². The summed E-state index contributed by atoms with van der Waals surface area (Å²) in [7, 11) is 0. The Morgan fingerprint density at radius 2 is 2.05 bits per heavy atom. The highest BCUT2D eigenvalue weighted by Gasteiger charge is 2.41. The molecule has 104 valence electrons. The van der Waals surface area contributed by atoms with E-state index >= 15 is 0 Å². The van der Waals surface area contributed by atoms with Crippen molar-refractivity contribution in [2.75, 3.05) is 11.9 Å². The molecule has 2 aliphatic heterocycles. The van der Waals surface area contributed by atoms with E-state index in [1.54, 1.807) is 0 Å². The lowest BCUT2D eigenvalue weighted by Crippen LogP contribution is -2.45. The second-order valence-corrected chi connectivity index (χ2v) is 5.93. The molecule has 2 aliphatic rings. The zero-order valence-electron chi connectivity index (χ0n) is 12.1. The largest absolute Gasteiger partial charge is 0.381 e.